The zero-order chi connectivity index (χ0) is 26.4. The first-order valence-electron chi connectivity index (χ1n) is 13.5. The molecule has 2 aromatic heterocycles. The maximum absolute atomic E-state index is 6.63. The van der Waals surface area contributed by atoms with Crippen molar-refractivity contribution in [3.8, 4) is 5.69 Å². The highest BCUT2D eigenvalue weighted by molar-refractivity contribution is 7.27. The second-order valence-corrected chi connectivity index (χ2v) is 12.9. The Bertz CT molecular complexity index is 1850. The van der Waals surface area contributed by atoms with E-state index in [0.29, 0.717) is 5.92 Å². The molecule has 0 saturated carbocycles. The van der Waals surface area contributed by atoms with Crippen LogP contribution in [-0.2, 0) is 9.31 Å². The van der Waals surface area contributed by atoms with E-state index in [1.807, 2.05) is 11.3 Å². The Morgan fingerprint density at radius 3 is 2.16 bits per heavy atom. The SMILES string of the molecule is CC(C)c1ccc2c3cc(B4OC(C)(C)C(C)(C)O4)c4sc5ccccc5c4c3n(-c3ccccc3)c2c1. The Kier molecular flexibility index (Phi) is 5.17. The van der Waals surface area contributed by atoms with Crippen LogP contribution in [0.4, 0.5) is 0 Å². The minimum absolute atomic E-state index is 0.403. The van der Waals surface area contributed by atoms with Crippen LogP contribution < -0.4 is 5.46 Å². The Labute approximate surface area is 228 Å². The van der Waals surface area contributed by atoms with Gasteiger partial charge in [0.15, 0.2) is 0 Å². The van der Waals surface area contributed by atoms with Gasteiger partial charge in [-0.3, -0.25) is 0 Å². The predicted molar refractivity (Wildman–Crippen MR) is 163 cm³/mol. The van der Waals surface area contributed by atoms with Crippen molar-refractivity contribution in [1.82, 2.24) is 4.57 Å². The summed E-state index contributed by atoms with van der Waals surface area (Å²) in [7, 11) is -0.426. The molecule has 38 heavy (non-hydrogen) atoms. The molecule has 6 aromatic rings. The first kappa shape index (κ1) is 24.0. The smallest absolute Gasteiger partial charge is 0.399 e. The predicted octanol–water partition coefficient (Wildman–Crippen LogP) is 8.57. The highest BCUT2D eigenvalue weighted by Gasteiger charge is 2.52. The van der Waals surface area contributed by atoms with Crippen molar-refractivity contribution in [2.75, 3.05) is 0 Å². The average molecular weight is 518 g/mol. The number of para-hydroxylation sites is 1. The van der Waals surface area contributed by atoms with E-state index < -0.39 is 18.3 Å². The van der Waals surface area contributed by atoms with E-state index in [9.17, 15) is 0 Å². The minimum Gasteiger partial charge on any atom is -0.399 e. The summed E-state index contributed by atoms with van der Waals surface area (Å²) in [5.41, 5.74) is 5.32. The number of hydrogen-bond acceptors (Lipinski definition) is 3. The zero-order valence-corrected chi connectivity index (χ0v) is 23.6. The zero-order valence-electron chi connectivity index (χ0n) is 22.8. The van der Waals surface area contributed by atoms with E-state index in [2.05, 4.69) is 125 Å². The summed E-state index contributed by atoms with van der Waals surface area (Å²) in [6.45, 7) is 13.0. The van der Waals surface area contributed by atoms with Crippen molar-refractivity contribution >= 4 is 65.9 Å². The van der Waals surface area contributed by atoms with Crippen molar-refractivity contribution in [2.24, 2.45) is 0 Å². The lowest BCUT2D eigenvalue weighted by molar-refractivity contribution is 0.00578. The molecule has 190 valence electrons. The highest BCUT2D eigenvalue weighted by Crippen LogP contribution is 2.44. The summed E-state index contributed by atoms with van der Waals surface area (Å²) in [5, 5.41) is 5.04. The van der Waals surface area contributed by atoms with Crippen LogP contribution in [0.15, 0.2) is 78.9 Å². The van der Waals surface area contributed by atoms with E-state index in [-0.39, 0.29) is 0 Å². The molecular weight excluding hydrogens is 485 g/mol. The van der Waals surface area contributed by atoms with Crippen LogP contribution in [0.3, 0.4) is 0 Å². The van der Waals surface area contributed by atoms with Crippen molar-refractivity contribution in [3.05, 3.63) is 84.4 Å². The van der Waals surface area contributed by atoms with Crippen molar-refractivity contribution in [3.63, 3.8) is 0 Å². The highest BCUT2D eigenvalue weighted by atomic mass is 32.1. The number of nitrogens with zero attached hydrogens (tertiary/aromatic N) is 1. The summed E-state index contributed by atoms with van der Waals surface area (Å²) >= 11 is 1.84. The molecule has 0 amide bonds. The number of aromatic nitrogens is 1. The Morgan fingerprint density at radius 2 is 1.45 bits per heavy atom. The maximum atomic E-state index is 6.63. The maximum Gasteiger partial charge on any atom is 0.496 e. The van der Waals surface area contributed by atoms with Gasteiger partial charge >= 0.3 is 7.12 Å². The largest absolute Gasteiger partial charge is 0.496 e. The summed E-state index contributed by atoms with van der Waals surface area (Å²) in [6, 6.07) is 28.8. The summed E-state index contributed by atoms with van der Waals surface area (Å²) < 4.78 is 18.2. The molecule has 7 rings (SSSR count). The monoisotopic (exact) mass is 517 g/mol. The Morgan fingerprint density at radius 1 is 0.763 bits per heavy atom. The minimum atomic E-state index is -0.426. The van der Waals surface area contributed by atoms with Crippen molar-refractivity contribution in [1.29, 1.82) is 0 Å². The molecule has 1 fully saturated rings. The van der Waals surface area contributed by atoms with Gasteiger partial charge in [0, 0.05) is 42.1 Å². The van der Waals surface area contributed by atoms with Crippen LogP contribution in [0, 0.1) is 0 Å². The van der Waals surface area contributed by atoms with Crippen LogP contribution in [0.25, 0.3) is 47.7 Å². The molecule has 0 spiro atoms. The standard InChI is InChI=1S/C33H32BNO2S/c1-20(2)21-16-17-23-25-19-26(34-36-32(3,4)33(5,6)37-34)31-29(24-14-10-11-15-28(24)38-31)30(25)35(27(23)18-21)22-12-8-7-9-13-22/h7-20H,1-6H3. The molecule has 0 atom stereocenters. The molecule has 1 aliphatic rings. The van der Waals surface area contributed by atoms with Crippen LogP contribution in [-0.4, -0.2) is 22.9 Å². The summed E-state index contributed by atoms with van der Waals surface area (Å²) in [5.74, 6) is 0.448. The second kappa shape index (κ2) is 8.19. The summed E-state index contributed by atoms with van der Waals surface area (Å²) in [6.07, 6.45) is 0. The van der Waals surface area contributed by atoms with Gasteiger partial charge in [0.1, 0.15) is 0 Å². The van der Waals surface area contributed by atoms with Gasteiger partial charge in [-0.15, -0.1) is 11.3 Å². The first-order valence-corrected chi connectivity index (χ1v) is 14.3. The molecule has 1 saturated heterocycles. The number of thiophene rings is 1. The molecule has 0 aliphatic carbocycles. The van der Waals surface area contributed by atoms with Gasteiger partial charge in [0.2, 0.25) is 0 Å². The molecule has 3 heterocycles. The third-order valence-electron chi connectivity index (χ3n) is 8.61. The fourth-order valence-electron chi connectivity index (χ4n) is 5.78. The van der Waals surface area contributed by atoms with Gasteiger partial charge < -0.3 is 13.9 Å². The lowest BCUT2D eigenvalue weighted by Gasteiger charge is -2.32. The molecular formula is C33H32BNO2S. The third kappa shape index (κ3) is 3.35. The van der Waals surface area contributed by atoms with Gasteiger partial charge in [0.25, 0.3) is 0 Å². The van der Waals surface area contributed by atoms with Crippen LogP contribution in [0.2, 0.25) is 0 Å². The molecule has 0 unspecified atom stereocenters. The molecule has 5 heteroatoms. The quantitative estimate of drug-likeness (QED) is 0.220. The van der Waals surface area contributed by atoms with Crippen molar-refractivity contribution in [2.45, 2.75) is 58.7 Å². The molecule has 0 radical (unpaired) electrons. The lowest BCUT2D eigenvalue weighted by Crippen LogP contribution is -2.41. The fourth-order valence-corrected chi connectivity index (χ4v) is 7.01. The van der Waals surface area contributed by atoms with Gasteiger partial charge in [-0.05, 0) is 63.4 Å². The van der Waals surface area contributed by atoms with Crippen LogP contribution in [0.5, 0.6) is 0 Å². The van der Waals surface area contributed by atoms with Gasteiger partial charge in [0.05, 0.1) is 22.2 Å². The third-order valence-corrected chi connectivity index (χ3v) is 9.83. The van der Waals surface area contributed by atoms with E-state index in [1.165, 1.54) is 53.2 Å². The van der Waals surface area contributed by atoms with Gasteiger partial charge in [-0.25, -0.2) is 0 Å². The second-order valence-electron chi connectivity index (χ2n) is 11.9. The van der Waals surface area contributed by atoms with E-state index in [1.54, 1.807) is 0 Å². The van der Waals surface area contributed by atoms with Crippen LogP contribution in [0.1, 0.15) is 53.0 Å². The number of benzene rings is 4. The normalized spacial score (nSPS) is 17.1. The molecule has 0 N–H and O–H groups in total. The van der Waals surface area contributed by atoms with Crippen LogP contribution >= 0.6 is 11.3 Å². The van der Waals surface area contributed by atoms with E-state index in [4.69, 9.17) is 9.31 Å². The lowest BCUT2D eigenvalue weighted by atomic mass is 9.77. The van der Waals surface area contributed by atoms with Crippen molar-refractivity contribution < 1.29 is 9.31 Å². The fraction of sp³-hybridized carbons (Fsp3) is 0.273. The van der Waals surface area contributed by atoms with Gasteiger partial charge in [-0.1, -0.05) is 68.4 Å². The number of hydrogen-bond donors (Lipinski definition) is 0. The Hall–Kier alpha value is -3.12. The average Bonchev–Trinajstić information content (AvgIpc) is 3.50. The van der Waals surface area contributed by atoms with E-state index in [0.717, 1.165) is 5.46 Å². The molecule has 4 aromatic carbocycles. The molecule has 0 bridgehead atoms. The molecule has 3 nitrogen and oxygen atoms in total. The summed E-state index contributed by atoms with van der Waals surface area (Å²) in [4.78, 5) is 0. The number of fused-ring (bicyclic) bond motifs is 7. The Balaban J connectivity index is 1.67. The van der Waals surface area contributed by atoms with Gasteiger partial charge in [-0.2, -0.15) is 0 Å². The molecule has 1 aliphatic heterocycles. The first-order chi connectivity index (χ1) is 18.2. The topological polar surface area (TPSA) is 23.4 Å². The number of rotatable bonds is 3. The van der Waals surface area contributed by atoms with E-state index >= 15 is 0 Å².